The third-order valence-corrected chi connectivity index (χ3v) is 6.55. The largest absolute Gasteiger partial charge is 0.383 e. The van der Waals surface area contributed by atoms with Crippen molar-refractivity contribution in [3.63, 3.8) is 0 Å². The third kappa shape index (κ3) is 4.95. The van der Waals surface area contributed by atoms with Crippen LogP contribution >= 0.6 is 0 Å². The first-order chi connectivity index (χ1) is 13.1. The number of rotatable bonds is 9. The molecule has 7 nitrogen and oxygen atoms in total. The summed E-state index contributed by atoms with van der Waals surface area (Å²) in [4.78, 5) is 10.5. The predicted octanol–water partition coefficient (Wildman–Crippen LogP) is 2.87. The Morgan fingerprint density at radius 3 is 2.50 bits per heavy atom. The van der Waals surface area contributed by atoms with Gasteiger partial charge in [-0.15, -0.1) is 0 Å². The molecule has 3 N–H and O–H groups in total. The Morgan fingerprint density at radius 2 is 1.93 bits per heavy atom. The predicted molar refractivity (Wildman–Crippen MR) is 108 cm³/mol. The molecule has 2 aromatic carbocycles. The Kier molecular flexibility index (Phi) is 6.92. The van der Waals surface area contributed by atoms with Crippen LogP contribution in [-0.4, -0.2) is 30.7 Å². The van der Waals surface area contributed by atoms with Gasteiger partial charge >= 0.3 is 0 Å². The number of benzene rings is 2. The topological polar surface area (TPSA) is 124 Å². The second-order valence-corrected chi connectivity index (χ2v) is 9.09. The Hall–Kier alpha value is -2.29. The van der Waals surface area contributed by atoms with E-state index in [0.717, 1.165) is 17.2 Å². The minimum Gasteiger partial charge on any atom is -0.383 e. The Labute approximate surface area is 165 Å². The molecular formula is C20H26N2O5S. The second-order valence-electron chi connectivity index (χ2n) is 7.01. The van der Waals surface area contributed by atoms with Crippen molar-refractivity contribution in [1.82, 2.24) is 0 Å². The number of sulfone groups is 1. The highest BCUT2D eigenvalue weighted by Crippen LogP contribution is 2.32. The number of aliphatic hydroxyl groups is 1. The molecule has 0 aliphatic carbocycles. The van der Waals surface area contributed by atoms with Gasteiger partial charge in [0.05, 0.1) is 10.7 Å². The minimum absolute atomic E-state index is 0.157. The molecule has 0 aromatic heterocycles. The molecule has 0 heterocycles. The van der Waals surface area contributed by atoms with Gasteiger partial charge in [0.15, 0.2) is 9.84 Å². The lowest BCUT2D eigenvalue weighted by molar-refractivity contribution is -0.388. The maximum absolute atomic E-state index is 12.5. The number of nitro benzene ring substituents is 1. The molecule has 1 unspecified atom stereocenters. The van der Waals surface area contributed by atoms with E-state index in [-0.39, 0.29) is 29.2 Å². The van der Waals surface area contributed by atoms with Crippen molar-refractivity contribution in [2.24, 2.45) is 5.73 Å². The van der Waals surface area contributed by atoms with Crippen LogP contribution in [0.2, 0.25) is 0 Å². The van der Waals surface area contributed by atoms with Crippen LogP contribution in [0.15, 0.2) is 47.4 Å². The van der Waals surface area contributed by atoms with Crippen molar-refractivity contribution in [2.75, 3.05) is 12.3 Å². The van der Waals surface area contributed by atoms with Crippen LogP contribution in [-0.2, 0) is 21.9 Å². The van der Waals surface area contributed by atoms with E-state index in [2.05, 4.69) is 0 Å². The molecule has 0 bridgehead atoms. The first kappa shape index (κ1) is 22.0. The van der Waals surface area contributed by atoms with Crippen molar-refractivity contribution in [3.8, 4) is 0 Å². The Bertz CT molecular complexity index is 959. The van der Waals surface area contributed by atoms with E-state index in [0.29, 0.717) is 12.8 Å². The van der Waals surface area contributed by atoms with Crippen molar-refractivity contribution in [2.45, 2.75) is 43.6 Å². The monoisotopic (exact) mass is 406 g/mol. The molecule has 2 aromatic rings. The van der Waals surface area contributed by atoms with Gasteiger partial charge in [0.25, 0.3) is 5.69 Å². The molecule has 0 aliphatic heterocycles. The zero-order valence-electron chi connectivity index (χ0n) is 16.1. The van der Waals surface area contributed by atoms with Gasteiger partial charge in [-0.1, -0.05) is 49.2 Å². The number of nitro groups is 1. The third-order valence-electron chi connectivity index (χ3n) is 4.71. The smallest absolute Gasteiger partial charge is 0.288 e. The zero-order valence-corrected chi connectivity index (χ0v) is 16.9. The van der Waals surface area contributed by atoms with Crippen LogP contribution in [0.4, 0.5) is 5.69 Å². The molecule has 0 aliphatic rings. The van der Waals surface area contributed by atoms with Crippen molar-refractivity contribution >= 4 is 15.5 Å². The van der Waals surface area contributed by atoms with E-state index < -0.39 is 26.0 Å². The van der Waals surface area contributed by atoms with Gasteiger partial charge in [-0.25, -0.2) is 8.42 Å². The van der Waals surface area contributed by atoms with Gasteiger partial charge in [0.1, 0.15) is 10.5 Å². The van der Waals surface area contributed by atoms with Crippen LogP contribution in [0.25, 0.3) is 0 Å². The first-order valence-electron chi connectivity index (χ1n) is 9.12. The van der Waals surface area contributed by atoms with Gasteiger partial charge in [0, 0.05) is 19.0 Å². The highest BCUT2D eigenvalue weighted by molar-refractivity contribution is 7.91. The van der Waals surface area contributed by atoms with Crippen LogP contribution in [0.5, 0.6) is 0 Å². The maximum atomic E-state index is 12.5. The normalized spacial score (nSPS) is 13.9. The van der Waals surface area contributed by atoms with Crippen molar-refractivity contribution in [1.29, 1.82) is 0 Å². The summed E-state index contributed by atoms with van der Waals surface area (Å²) in [5.74, 6) is -0.159. The van der Waals surface area contributed by atoms with E-state index in [1.54, 1.807) is 0 Å². The average molecular weight is 407 g/mol. The summed E-state index contributed by atoms with van der Waals surface area (Å²) >= 11 is 0. The second kappa shape index (κ2) is 8.81. The van der Waals surface area contributed by atoms with E-state index in [4.69, 9.17) is 5.73 Å². The number of nitrogens with zero attached hydrogens (tertiary/aromatic N) is 1. The highest BCUT2D eigenvalue weighted by atomic mass is 32.2. The van der Waals surface area contributed by atoms with Crippen LogP contribution < -0.4 is 5.73 Å². The van der Waals surface area contributed by atoms with Crippen LogP contribution in [0.1, 0.15) is 36.5 Å². The number of hydrogen-bond acceptors (Lipinski definition) is 6. The summed E-state index contributed by atoms with van der Waals surface area (Å²) in [6.07, 6.45) is 1.24. The van der Waals surface area contributed by atoms with E-state index in [1.807, 2.05) is 38.1 Å². The van der Waals surface area contributed by atoms with Crippen LogP contribution in [0.3, 0.4) is 0 Å². The zero-order chi connectivity index (χ0) is 20.9. The first-order valence-corrected chi connectivity index (χ1v) is 10.8. The van der Waals surface area contributed by atoms with Crippen LogP contribution in [0, 0.1) is 17.0 Å². The van der Waals surface area contributed by atoms with Crippen molar-refractivity contribution in [3.05, 3.63) is 69.3 Å². The minimum atomic E-state index is -3.79. The summed E-state index contributed by atoms with van der Waals surface area (Å²) < 4.78 is 25.0. The van der Waals surface area contributed by atoms with E-state index in [9.17, 15) is 23.6 Å². The highest BCUT2D eigenvalue weighted by Gasteiger charge is 2.33. The molecule has 0 saturated carbocycles. The lowest BCUT2D eigenvalue weighted by Crippen LogP contribution is -2.37. The molecule has 0 radical (unpaired) electrons. The lowest BCUT2D eigenvalue weighted by atomic mass is 9.86. The van der Waals surface area contributed by atoms with Gasteiger partial charge in [-0.3, -0.25) is 10.1 Å². The number of nitrogens with two attached hydrogens (primary N) is 1. The SMILES string of the molecule is CCCCS(=O)(=O)c1ccc(C(O)(CN)Cc2cccc(C)c2)cc1[N+](=O)[O-]. The van der Waals surface area contributed by atoms with Gasteiger partial charge in [-0.05, 0) is 30.5 Å². The standard InChI is InChI=1S/C20H26N2O5S/c1-3-4-10-28(26,27)19-9-8-17(12-18(19)22(24)25)20(23,14-21)13-16-7-5-6-15(2)11-16/h5-9,11-12,23H,3-4,10,13-14,21H2,1-2H3. The van der Waals surface area contributed by atoms with Gasteiger partial charge in [0.2, 0.25) is 0 Å². The molecule has 0 spiro atoms. The molecule has 8 heteroatoms. The number of aryl methyl sites for hydroxylation is 1. The summed E-state index contributed by atoms with van der Waals surface area (Å²) in [5.41, 5.74) is 5.78. The van der Waals surface area contributed by atoms with E-state index >= 15 is 0 Å². The Balaban J connectivity index is 2.49. The molecule has 1 atom stereocenters. The number of hydrogen-bond donors (Lipinski definition) is 2. The molecule has 28 heavy (non-hydrogen) atoms. The molecule has 0 fully saturated rings. The fourth-order valence-corrected chi connectivity index (χ4v) is 4.72. The number of unbranched alkanes of at least 4 members (excludes halogenated alkanes) is 1. The fourth-order valence-electron chi connectivity index (χ4n) is 3.11. The maximum Gasteiger partial charge on any atom is 0.288 e. The van der Waals surface area contributed by atoms with Gasteiger partial charge < -0.3 is 10.8 Å². The quantitative estimate of drug-likeness (QED) is 0.487. The molecule has 0 saturated heterocycles. The summed E-state index contributed by atoms with van der Waals surface area (Å²) in [6, 6.07) is 11.3. The molecule has 2 rings (SSSR count). The molecular weight excluding hydrogens is 380 g/mol. The fraction of sp³-hybridized carbons (Fsp3) is 0.400. The van der Waals surface area contributed by atoms with Crippen molar-refractivity contribution < 1.29 is 18.4 Å². The van der Waals surface area contributed by atoms with Gasteiger partial charge in [-0.2, -0.15) is 0 Å². The molecule has 0 amide bonds. The average Bonchev–Trinajstić information content (AvgIpc) is 2.65. The summed E-state index contributed by atoms with van der Waals surface area (Å²) in [5, 5.41) is 22.6. The Morgan fingerprint density at radius 1 is 1.21 bits per heavy atom. The summed E-state index contributed by atoms with van der Waals surface area (Å²) in [7, 11) is -3.79. The lowest BCUT2D eigenvalue weighted by Gasteiger charge is -2.27. The summed E-state index contributed by atoms with van der Waals surface area (Å²) in [6.45, 7) is 3.60. The molecule has 152 valence electrons. The van der Waals surface area contributed by atoms with E-state index in [1.165, 1.54) is 12.1 Å².